The zero-order valence-electron chi connectivity index (χ0n) is 63.6. The molecule has 2 unspecified atom stereocenters. The van der Waals surface area contributed by atoms with Gasteiger partial charge in [-0.1, -0.05) is 336 Å². The molecule has 0 saturated heterocycles. The van der Waals surface area contributed by atoms with Gasteiger partial charge in [-0.3, -0.25) is 37.3 Å². The maximum absolute atomic E-state index is 13.1. The zero-order valence-corrected chi connectivity index (χ0v) is 65.4. The number of hydrogen-bond donors (Lipinski definition) is 3. The number of ether oxygens (including phenoxy) is 4. The molecule has 0 rings (SSSR count). The average Bonchev–Trinajstić information content (AvgIpc) is 0.963. The van der Waals surface area contributed by atoms with Gasteiger partial charge in [0.1, 0.15) is 19.3 Å². The molecule has 0 amide bonds. The Hall–Kier alpha value is -2.46. The fourth-order valence-corrected chi connectivity index (χ4v) is 13.2. The summed E-state index contributed by atoms with van der Waals surface area (Å²) in [5.41, 5.74) is 0. The fraction of sp³-hybridized carbons (Fsp3) is 0.899. The van der Waals surface area contributed by atoms with E-state index in [-0.39, 0.29) is 25.7 Å². The Bertz CT molecular complexity index is 1980. The average molecular weight is 1430 g/mol. The second-order valence-electron chi connectivity index (χ2n) is 28.7. The lowest BCUT2D eigenvalue weighted by Crippen LogP contribution is -2.30. The molecule has 0 aliphatic carbocycles. The SMILES string of the molecule is CCCCCC/C=C\C=C/CCCCCCCC(=O)O[C@H](COC(=O)CCCCCCCCC)COP(=O)(O)OC[C@H](O)COP(=O)(O)OC[C@@H](COC(=O)CCCCCCCCCCCCCCCCC(C)C)OC(=O)CCCCCCCCCCCCCCCCCCC(C)C. The molecule has 0 saturated carbocycles. The van der Waals surface area contributed by atoms with Gasteiger partial charge in [0.25, 0.3) is 0 Å². The van der Waals surface area contributed by atoms with Crippen molar-refractivity contribution < 1.29 is 80.2 Å². The van der Waals surface area contributed by atoms with Gasteiger partial charge in [-0.05, 0) is 63.2 Å². The summed E-state index contributed by atoms with van der Waals surface area (Å²) in [4.78, 5) is 72.8. The highest BCUT2D eigenvalue weighted by molar-refractivity contribution is 7.47. The molecule has 0 aromatic rings. The molecule has 0 aliphatic rings. The van der Waals surface area contributed by atoms with E-state index in [0.29, 0.717) is 25.7 Å². The first-order valence-electron chi connectivity index (χ1n) is 40.3. The molecule has 0 fully saturated rings. The third-order valence-corrected chi connectivity index (χ3v) is 19.7. The number of carbonyl (C=O) groups excluding carboxylic acids is 4. The first kappa shape index (κ1) is 95.5. The Kier molecular flexibility index (Phi) is 68.5. The predicted molar refractivity (Wildman–Crippen MR) is 400 cm³/mol. The summed E-state index contributed by atoms with van der Waals surface area (Å²) in [5.74, 6) is -0.541. The van der Waals surface area contributed by atoms with Gasteiger partial charge >= 0.3 is 39.5 Å². The lowest BCUT2D eigenvalue weighted by molar-refractivity contribution is -0.161. The van der Waals surface area contributed by atoms with Crippen LogP contribution in [0.1, 0.15) is 388 Å². The number of rotatable bonds is 76. The quantitative estimate of drug-likeness (QED) is 0.0169. The van der Waals surface area contributed by atoms with E-state index >= 15 is 0 Å². The van der Waals surface area contributed by atoms with Gasteiger partial charge in [-0.25, -0.2) is 9.13 Å². The number of carbonyl (C=O) groups is 4. The normalized spacial score (nSPS) is 14.1. The molecule has 0 bridgehead atoms. The van der Waals surface area contributed by atoms with Gasteiger partial charge in [-0.15, -0.1) is 0 Å². The van der Waals surface area contributed by atoms with E-state index < -0.39 is 97.5 Å². The van der Waals surface area contributed by atoms with E-state index in [1.807, 2.05) is 0 Å². The van der Waals surface area contributed by atoms with Crippen LogP contribution in [0.3, 0.4) is 0 Å². The highest BCUT2D eigenvalue weighted by atomic mass is 31.2. The van der Waals surface area contributed by atoms with E-state index in [9.17, 15) is 43.2 Å². The van der Waals surface area contributed by atoms with Crippen LogP contribution < -0.4 is 0 Å². The van der Waals surface area contributed by atoms with Crippen molar-refractivity contribution in [1.29, 1.82) is 0 Å². The van der Waals surface area contributed by atoms with Crippen LogP contribution in [0.2, 0.25) is 0 Å². The Morgan fingerprint density at radius 3 is 0.837 bits per heavy atom. The van der Waals surface area contributed by atoms with Gasteiger partial charge in [0.2, 0.25) is 0 Å². The van der Waals surface area contributed by atoms with Crippen LogP contribution in [0.4, 0.5) is 0 Å². The van der Waals surface area contributed by atoms with Gasteiger partial charge in [0, 0.05) is 25.7 Å². The van der Waals surface area contributed by atoms with Crippen LogP contribution in [-0.4, -0.2) is 96.7 Å². The summed E-state index contributed by atoms with van der Waals surface area (Å²) in [6, 6.07) is 0. The van der Waals surface area contributed by atoms with Crippen LogP contribution in [0.15, 0.2) is 24.3 Å². The number of phosphoric acid groups is 2. The number of phosphoric ester groups is 2. The lowest BCUT2D eigenvalue weighted by Gasteiger charge is -2.21. The van der Waals surface area contributed by atoms with Crippen LogP contribution in [0.5, 0.6) is 0 Å². The topological polar surface area (TPSA) is 237 Å². The van der Waals surface area contributed by atoms with Crippen LogP contribution in [-0.2, 0) is 65.4 Å². The van der Waals surface area contributed by atoms with E-state index in [1.54, 1.807) is 0 Å². The smallest absolute Gasteiger partial charge is 0.462 e. The first-order chi connectivity index (χ1) is 47.4. The Morgan fingerprint density at radius 2 is 0.551 bits per heavy atom. The summed E-state index contributed by atoms with van der Waals surface area (Å²) in [5, 5.41) is 10.6. The second-order valence-corrected chi connectivity index (χ2v) is 31.6. The molecule has 0 heterocycles. The first-order valence-corrected chi connectivity index (χ1v) is 43.3. The van der Waals surface area contributed by atoms with Crippen LogP contribution >= 0.6 is 15.6 Å². The second kappa shape index (κ2) is 70.2. The monoisotopic (exact) mass is 1430 g/mol. The van der Waals surface area contributed by atoms with Crippen molar-refractivity contribution in [2.45, 2.75) is 407 Å². The van der Waals surface area contributed by atoms with E-state index in [0.717, 1.165) is 127 Å². The molecule has 0 spiro atoms. The summed E-state index contributed by atoms with van der Waals surface area (Å²) in [6.07, 6.45) is 62.0. The highest BCUT2D eigenvalue weighted by Gasteiger charge is 2.30. The van der Waals surface area contributed by atoms with Crippen molar-refractivity contribution >= 4 is 39.5 Å². The maximum Gasteiger partial charge on any atom is 0.472 e. The number of hydrogen-bond acceptors (Lipinski definition) is 15. The number of esters is 4. The molecule has 19 heteroatoms. The highest BCUT2D eigenvalue weighted by Crippen LogP contribution is 2.45. The number of aliphatic hydroxyl groups is 1. The third-order valence-electron chi connectivity index (χ3n) is 17.8. The van der Waals surface area contributed by atoms with E-state index in [1.165, 1.54) is 180 Å². The molecule has 0 aromatic heterocycles. The van der Waals surface area contributed by atoms with E-state index in [4.69, 9.17) is 37.0 Å². The minimum atomic E-state index is -4.96. The van der Waals surface area contributed by atoms with Gasteiger partial charge in [0.15, 0.2) is 12.2 Å². The van der Waals surface area contributed by atoms with Crippen LogP contribution in [0.25, 0.3) is 0 Å². The number of aliphatic hydroxyl groups excluding tert-OH is 1. The molecule has 5 atom stereocenters. The van der Waals surface area contributed by atoms with E-state index in [2.05, 4.69) is 65.8 Å². The molecular weight excluding hydrogens is 1280 g/mol. The predicted octanol–water partition coefficient (Wildman–Crippen LogP) is 23.1. The molecule has 3 N–H and O–H groups in total. The maximum atomic E-state index is 13.1. The molecule has 17 nitrogen and oxygen atoms in total. The molecule has 0 aromatic carbocycles. The minimum Gasteiger partial charge on any atom is -0.462 e. The molecule has 578 valence electrons. The zero-order chi connectivity index (χ0) is 72.1. The summed E-state index contributed by atoms with van der Waals surface area (Å²) in [6.45, 7) is 9.56. The Morgan fingerprint density at radius 1 is 0.316 bits per heavy atom. The number of allylic oxidation sites excluding steroid dienone is 4. The van der Waals surface area contributed by atoms with Crippen molar-refractivity contribution in [2.24, 2.45) is 11.8 Å². The van der Waals surface area contributed by atoms with Crippen molar-refractivity contribution in [1.82, 2.24) is 0 Å². The standard InChI is InChI=1S/C79H150O17P2/c1-7-9-11-13-15-16-17-18-21-29-34-39-45-51-57-63-78(83)95-74(67-89-76(81)61-55-49-41-14-12-10-8-2)69-93-97(85,86)91-65-73(80)66-92-98(87,88)94-70-75(68-90-77(82)62-56-50-44-38-33-28-25-24-27-32-37-43-48-54-60-72(5)6)96-79(84)64-58-52-46-40-35-30-23-20-19-22-26-31-36-42-47-53-59-71(3)4/h16-18,21,71-75,80H,7-15,19-20,22-70H2,1-6H3,(H,85,86)(H,87,88)/b17-16-,21-18-/t73-,74+,75+/m0/s1. The largest absolute Gasteiger partial charge is 0.472 e. The fourth-order valence-electron chi connectivity index (χ4n) is 11.6. The minimum absolute atomic E-state index is 0.0847. The summed E-state index contributed by atoms with van der Waals surface area (Å²) >= 11 is 0. The Balaban J connectivity index is 5.22. The van der Waals surface area contributed by atoms with Crippen molar-refractivity contribution in [3.8, 4) is 0 Å². The molecule has 98 heavy (non-hydrogen) atoms. The van der Waals surface area contributed by atoms with Gasteiger partial charge in [0.05, 0.1) is 26.4 Å². The van der Waals surface area contributed by atoms with Crippen molar-refractivity contribution in [3.63, 3.8) is 0 Å². The summed E-state index contributed by atoms with van der Waals surface area (Å²) in [7, 11) is -9.92. The van der Waals surface area contributed by atoms with Crippen molar-refractivity contribution in [3.05, 3.63) is 24.3 Å². The lowest BCUT2D eigenvalue weighted by atomic mass is 10.0. The van der Waals surface area contributed by atoms with Gasteiger partial charge < -0.3 is 33.8 Å². The Labute approximate surface area is 599 Å². The number of unbranched alkanes of at least 4 members (excludes halogenated alkanes) is 43. The molecule has 0 radical (unpaired) electrons. The third kappa shape index (κ3) is 71.9. The van der Waals surface area contributed by atoms with Gasteiger partial charge in [-0.2, -0.15) is 0 Å². The van der Waals surface area contributed by atoms with Crippen molar-refractivity contribution in [2.75, 3.05) is 39.6 Å². The molecule has 0 aliphatic heterocycles. The van der Waals surface area contributed by atoms with Crippen LogP contribution in [0, 0.1) is 11.8 Å². The molecular formula is C79H150O17P2. The summed E-state index contributed by atoms with van der Waals surface area (Å²) < 4.78 is 68.5.